The van der Waals surface area contributed by atoms with Crippen LogP contribution < -0.4 is 5.73 Å². The van der Waals surface area contributed by atoms with Crippen molar-refractivity contribution in [1.29, 1.82) is 0 Å². The minimum Gasteiger partial charge on any atom is -0.379 e. The third kappa shape index (κ3) is 1.85. The topological polar surface area (TPSA) is 88.5 Å². The highest BCUT2D eigenvalue weighted by Crippen LogP contribution is 2.13. The van der Waals surface area contributed by atoms with Crippen LogP contribution in [-0.4, -0.2) is 58.7 Å². The first-order chi connectivity index (χ1) is 7.59. The van der Waals surface area contributed by atoms with Gasteiger partial charge in [0.2, 0.25) is 11.5 Å². The average molecular weight is 225 g/mol. The molecular formula is C9H15N5O2. The summed E-state index contributed by atoms with van der Waals surface area (Å²) in [6.07, 6.45) is 0. The quantitative estimate of drug-likeness (QED) is 0.688. The molecule has 2 rings (SSSR count). The van der Waals surface area contributed by atoms with Crippen LogP contribution in [-0.2, 0) is 0 Å². The third-order valence-corrected chi connectivity index (χ3v) is 2.96. The summed E-state index contributed by atoms with van der Waals surface area (Å²) in [4.78, 5) is 15.9. The summed E-state index contributed by atoms with van der Waals surface area (Å²) < 4.78 is 4.42. The molecule has 0 radical (unpaired) electrons. The van der Waals surface area contributed by atoms with Crippen LogP contribution in [0.1, 0.15) is 17.4 Å². The molecule has 2 heterocycles. The number of amides is 1. The van der Waals surface area contributed by atoms with Crippen LogP contribution in [0, 0.1) is 0 Å². The second-order valence-corrected chi connectivity index (χ2v) is 4.08. The van der Waals surface area contributed by atoms with E-state index in [1.165, 1.54) is 0 Å². The Balaban J connectivity index is 2.09. The number of likely N-dealkylation sites (N-methyl/N-ethyl adjacent to an activating group) is 1. The van der Waals surface area contributed by atoms with Crippen LogP contribution in [0.4, 0.5) is 5.82 Å². The number of rotatable bonds is 1. The number of carbonyl (C=O) groups excluding carboxylic acids is 1. The summed E-state index contributed by atoms with van der Waals surface area (Å²) >= 11 is 0. The number of carbonyl (C=O) groups is 1. The lowest BCUT2D eigenvalue weighted by Gasteiger charge is -2.37. The van der Waals surface area contributed by atoms with Gasteiger partial charge in [0.15, 0.2) is 0 Å². The van der Waals surface area contributed by atoms with E-state index in [0.29, 0.717) is 19.1 Å². The molecule has 7 nitrogen and oxygen atoms in total. The highest BCUT2D eigenvalue weighted by Gasteiger charge is 2.28. The minimum absolute atomic E-state index is 0.0524. The Morgan fingerprint density at radius 3 is 2.81 bits per heavy atom. The minimum atomic E-state index is -0.210. The van der Waals surface area contributed by atoms with E-state index >= 15 is 0 Å². The molecule has 1 aromatic rings. The lowest BCUT2D eigenvalue weighted by atomic mass is 10.2. The fourth-order valence-corrected chi connectivity index (χ4v) is 1.73. The molecule has 0 spiro atoms. The highest BCUT2D eigenvalue weighted by atomic mass is 16.6. The maximum Gasteiger partial charge on any atom is 0.280 e. The standard InChI is InChI=1S/C9H15N5O2/c1-6-5-14(4-3-13(6)2)9(15)7-8(10)12-16-11-7/h6H,3-5H2,1-2H3,(H2,10,12). The number of nitrogen functional groups attached to an aromatic ring is 1. The van der Waals surface area contributed by atoms with Gasteiger partial charge in [0.25, 0.3) is 5.91 Å². The maximum absolute atomic E-state index is 12.0. The molecule has 16 heavy (non-hydrogen) atoms. The average Bonchev–Trinajstić information content (AvgIpc) is 2.67. The lowest BCUT2D eigenvalue weighted by molar-refractivity contribution is 0.0563. The van der Waals surface area contributed by atoms with Gasteiger partial charge >= 0.3 is 0 Å². The molecule has 2 N–H and O–H groups in total. The number of hydrogen-bond acceptors (Lipinski definition) is 6. The number of aromatic nitrogens is 2. The van der Waals surface area contributed by atoms with Crippen LogP contribution in [0.3, 0.4) is 0 Å². The van der Waals surface area contributed by atoms with Gasteiger partial charge in [-0.3, -0.25) is 4.79 Å². The Kier molecular flexibility index (Phi) is 2.78. The van der Waals surface area contributed by atoms with Gasteiger partial charge in [-0.2, -0.15) is 0 Å². The fourth-order valence-electron chi connectivity index (χ4n) is 1.73. The van der Waals surface area contributed by atoms with Crippen LogP contribution in [0.15, 0.2) is 4.63 Å². The van der Waals surface area contributed by atoms with Crippen molar-refractivity contribution in [2.75, 3.05) is 32.4 Å². The molecule has 1 aliphatic rings. The van der Waals surface area contributed by atoms with Crippen LogP contribution in [0.2, 0.25) is 0 Å². The first-order valence-electron chi connectivity index (χ1n) is 5.17. The van der Waals surface area contributed by atoms with E-state index in [2.05, 4.69) is 26.8 Å². The van der Waals surface area contributed by atoms with Crippen LogP contribution in [0.25, 0.3) is 0 Å². The van der Waals surface area contributed by atoms with Gasteiger partial charge in [0, 0.05) is 25.7 Å². The molecule has 0 saturated carbocycles. The smallest absolute Gasteiger partial charge is 0.280 e. The molecule has 1 saturated heterocycles. The van der Waals surface area contributed by atoms with Crippen molar-refractivity contribution in [3.63, 3.8) is 0 Å². The predicted molar refractivity (Wildman–Crippen MR) is 56.7 cm³/mol. The number of nitrogens with two attached hydrogens (primary N) is 1. The fraction of sp³-hybridized carbons (Fsp3) is 0.667. The van der Waals surface area contributed by atoms with E-state index in [9.17, 15) is 4.79 Å². The zero-order valence-corrected chi connectivity index (χ0v) is 9.38. The second kappa shape index (κ2) is 4.09. The molecule has 1 aliphatic heterocycles. The van der Waals surface area contributed by atoms with E-state index in [1.54, 1.807) is 4.90 Å². The molecule has 1 fully saturated rings. The van der Waals surface area contributed by atoms with E-state index in [-0.39, 0.29) is 17.4 Å². The summed E-state index contributed by atoms with van der Waals surface area (Å²) in [5.41, 5.74) is 5.59. The molecule has 1 aromatic heterocycles. The summed E-state index contributed by atoms with van der Waals surface area (Å²) in [5, 5.41) is 6.92. The van der Waals surface area contributed by atoms with Crippen molar-refractivity contribution in [2.45, 2.75) is 13.0 Å². The van der Waals surface area contributed by atoms with E-state index < -0.39 is 0 Å². The van der Waals surface area contributed by atoms with Gasteiger partial charge in [-0.1, -0.05) is 0 Å². The van der Waals surface area contributed by atoms with E-state index in [0.717, 1.165) is 6.54 Å². The monoisotopic (exact) mass is 225 g/mol. The van der Waals surface area contributed by atoms with Crippen molar-refractivity contribution >= 4 is 11.7 Å². The SMILES string of the molecule is CC1CN(C(=O)c2nonc2N)CCN1C. The van der Waals surface area contributed by atoms with Crippen molar-refractivity contribution in [3.05, 3.63) is 5.69 Å². The maximum atomic E-state index is 12.0. The van der Waals surface area contributed by atoms with Crippen molar-refractivity contribution in [1.82, 2.24) is 20.1 Å². The highest BCUT2D eigenvalue weighted by molar-refractivity contribution is 5.96. The van der Waals surface area contributed by atoms with Crippen molar-refractivity contribution < 1.29 is 9.42 Å². The first-order valence-corrected chi connectivity index (χ1v) is 5.17. The summed E-state index contributed by atoms with van der Waals surface area (Å²) in [6, 6.07) is 0.332. The summed E-state index contributed by atoms with van der Waals surface area (Å²) in [5.74, 6) is -0.157. The van der Waals surface area contributed by atoms with Crippen molar-refractivity contribution in [2.24, 2.45) is 0 Å². The van der Waals surface area contributed by atoms with Gasteiger partial charge in [0.1, 0.15) is 0 Å². The molecule has 0 aromatic carbocycles. The molecule has 1 unspecified atom stereocenters. The number of piperazine rings is 1. The second-order valence-electron chi connectivity index (χ2n) is 4.08. The zero-order chi connectivity index (χ0) is 11.7. The third-order valence-electron chi connectivity index (χ3n) is 2.96. The normalized spacial score (nSPS) is 22.4. The molecular weight excluding hydrogens is 210 g/mol. The van der Waals surface area contributed by atoms with E-state index in [1.807, 2.05) is 7.05 Å². The van der Waals surface area contributed by atoms with Gasteiger partial charge in [-0.25, -0.2) is 4.63 Å². The van der Waals surface area contributed by atoms with Crippen LogP contribution >= 0.6 is 0 Å². The number of anilines is 1. The Hall–Kier alpha value is -1.63. The Bertz CT molecular complexity index is 391. The summed E-state index contributed by atoms with van der Waals surface area (Å²) in [7, 11) is 2.04. The largest absolute Gasteiger partial charge is 0.379 e. The van der Waals surface area contributed by atoms with Gasteiger partial charge < -0.3 is 15.5 Å². The number of hydrogen-bond donors (Lipinski definition) is 1. The molecule has 1 amide bonds. The Labute approximate surface area is 93.1 Å². The van der Waals surface area contributed by atoms with Crippen LogP contribution in [0.5, 0.6) is 0 Å². The molecule has 0 aliphatic carbocycles. The Morgan fingerprint density at radius 2 is 2.25 bits per heavy atom. The predicted octanol–water partition coefficient (Wildman–Crippen LogP) is -0.572. The Morgan fingerprint density at radius 1 is 1.50 bits per heavy atom. The van der Waals surface area contributed by atoms with E-state index in [4.69, 9.17) is 5.73 Å². The zero-order valence-electron chi connectivity index (χ0n) is 9.38. The molecule has 88 valence electrons. The van der Waals surface area contributed by atoms with Crippen molar-refractivity contribution in [3.8, 4) is 0 Å². The number of nitrogens with zero attached hydrogens (tertiary/aromatic N) is 4. The van der Waals surface area contributed by atoms with Gasteiger partial charge in [-0.05, 0) is 24.3 Å². The van der Waals surface area contributed by atoms with Gasteiger partial charge in [0.05, 0.1) is 0 Å². The first kappa shape index (κ1) is 10.9. The summed E-state index contributed by atoms with van der Waals surface area (Å²) in [6.45, 7) is 4.26. The molecule has 0 bridgehead atoms. The van der Waals surface area contributed by atoms with Gasteiger partial charge in [-0.15, -0.1) is 0 Å². The lowest BCUT2D eigenvalue weighted by Crippen LogP contribution is -2.52. The molecule has 7 heteroatoms. The molecule has 1 atom stereocenters.